The van der Waals surface area contributed by atoms with Crippen LogP contribution in [0.4, 0.5) is 0 Å². The Hall–Kier alpha value is -2.90. The fourth-order valence-corrected chi connectivity index (χ4v) is 2.78. The molecule has 1 aliphatic heterocycles. The molecule has 1 aliphatic rings. The molecule has 1 saturated heterocycles. The first-order valence-corrected chi connectivity index (χ1v) is 9.07. The van der Waals surface area contributed by atoms with E-state index < -0.39 is 0 Å². The molecular formula is C20H25N4O3+. The number of carbonyl (C=O) groups is 2. The molecular weight excluding hydrogens is 344 g/mol. The number of piperazine rings is 1. The normalized spacial score (nSPS) is 15.1. The lowest BCUT2D eigenvalue weighted by atomic mass is 10.2. The summed E-state index contributed by atoms with van der Waals surface area (Å²) in [6.07, 6.45) is 0. The Morgan fingerprint density at radius 3 is 2.30 bits per heavy atom. The summed E-state index contributed by atoms with van der Waals surface area (Å²) in [6.45, 7) is 3.55. The number of likely N-dealkylation sites (N-methyl/N-ethyl adjacent to an activating group) is 1. The number of quaternary nitrogens is 1. The number of carbonyl (C=O) groups excluding carboxylic acids is 2. The number of nitrogens with zero attached hydrogens (tertiary/aromatic N) is 1. The minimum absolute atomic E-state index is 0.0553. The Bertz CT molecular complexity index is 757. The summed E-state index contributed by atoms with van der Waals surface area (Å²) < 4.78 is 5.70. The Kier molecular flexibility index (Phi) is 6.40. The summed E-state index contributed by atoms with van der Waals surface area (Å²) in [6, 6.07) is 16.2. The molecule has 0 aromatic heterocycles. The van der Waals surface area contributed by atoms with Crippen LogP contribution in [0.3, 0.4) is 0 Å². The second-order valence-electron chi connectivity index (χ2n) is 6.60. The van der Waals surface area contributed by atoms with Crippen LogP contribution in [0.5, 0.6) is 11.5 Å². The van der Waals surface area contributed by atoms with Gasteiger partial charge in [-0.3, -0.25) is 15.0 Å². The second kappa shape index (κ2) is 9.16. The number of hydrogen-bond donors (Lipinski definition) is 3. The first-order valence-electron chi connectivity index (χ1n) is 9.07. The van der Waals surface area contributed by atoms with E-state index in [-0.39, 0.29) is 18.4 Å². The van der Waals surface area contributed by atoms with Gasteiger partial charge in [0, 0.05) is 5.56 Å². The molecule has 0 saturated carbocycles. The number of para-hydroxylation sites is 1. The highest BCUT2D eigenvalue weighted by atomic mass is 16.5. The van der Waals surface area contributed by atoms with Crippen LogP contribution in [-0.4, -0.2) is 56.6 Å². The average Bonchev–Trinajstić information content (AvgIpc) is 2.69. The average molecular weight is 369 g/mol. The van der Waals surface area contributed by atoms with Gasteiger partial charge in [0.25, 0.3) is 11.8 Å². The number of rotatable bonds is 6. The predicted octanol–water partition coefficient (Wildman–Crippen LogP) is 0.0702. The molecule has 1 fully saturated rings. The van der Waals surface area contributed by atoms with Crippen molar-refractivity contribution >= 4 is 11.8 Å². The van der Waals surface area contributed by atoms with E-state index in [1.54, 1.807) is 24.3 Å². The van der Waals surface area contributed by atoms with Gasteiger partial charge in [0.2, 0.25) is 0 Å². The smallest absolute Gasteiger partial charge is 0.253 e. The first kappa shape index (κ1) is 18.9. The van der Waals surface area contributed by atoms with Crippen LogP contribution in [0.1, 0.15) is 10.4 Å². The van der Waals surface area contributed by atoms with Crippen LogP contribution in [0.15, 0.2) is 54.6 Å². The first-order chi connectivity index (χ1) is 13.1. The van der Waals surface area contributed by atoms with Gasteiger partial charge in [-0.05, 0) is 36.4 Å². The third-order valence-corrected chi connectivity index (χ3v) is 4.40. The number of ether oxygens (including phenoxy) is 1. The van der Waals surface area contributed by atoms with E-state index in [4.69, 9.17) is 4.74 Å². The molecule has 7 nitrogen and oxygen atoms in total. The molecule has 27 heavy (non-hydrogen) atoms. The quantitative estimate of drug-likeness (QED) is 0.674. The van der Waals surface area contributed by atoms with Crippen molar-refractivity contribution in [1.29, 1.82) is 0 Å². The van der Waals surface area contributed by atoms with Crippen LogP contribution < -0.4 is 20.4 Å². The fourth-order valence-electron chi connectivity index (χ4n) is 2.78. The lowest BCUT2D eigenvalue weighted by Crippen LogP contribution is -3.12. The summed E-state index contributed by atoms with van der Waals surface area (Å²) in [5, 5.41) is 4.54. The molecule has 0 radical (unpaired) electrons. The zero-order valence-electron chi connectivity index (χ0n) is 15.4. The van der Waals surface area contributed by atoms with E-state index in [0.717, 1.165) is 31.9 Å². The van der Waals surface area contributed by atoms with Crippen LogP contribution in [0.25, 0.3) is 0 Å². The Labute approximate surface area is 158 Å². The van der Waals surface area contributed by atoms with Crippen LogP contribution in [0, 0.1) is 0 Å². The monoisotopic (exact) mass is 369 g/mol. The molecule has 3 rings (SSSR count). The molecule has 0 atom stereocenters. The fraction of sp³-hybridized carbons (Fsp3) is 0.300. The van der Waals surface area contributed by atoms with Gasteiger partial charge in [0.15, 0.2) is 0 Å². The van der Waals surface area contributed by atoms with Gasteiger partial charge in [0.05, 0.1) is 39.8 Å². The van der Waals surface area contributed by atoms with Crippen LogP contribution in [-0.2, 0) is 4.79 Å². The molecule has 0 bridgehead atoms. The molecule has 1 heterocycles. The van der Waals surface area contributed by atoms with Crippen LogP contribution >= 0.6 is 0 Å². The Morgan fingerprint density at radius 1 is 1.00 bits per heavy atom. The van der Waals surface area contributed by atoms with Crippen molar-refractivity contribution < 1.29 is 19.2 Å². The number of hydrogen-bond acceptors (Lipinski definition) is 4. The van der Waals surface area contributed by atoms with Crippen molar-refractivity contribution in [3.63, 3.8) is 0 Å². The van der Waals surface area contributed by atoms with E-state index in [9.17, 15) is 9.59 Å². The largest absolute Gasteiger partial charge is 0.457 e. The Morgan fingerprint density at radius 2 is 1.63 bits per heavy atom. The third-order valence-electron chi connectivity index (χ3n) is 4.40. The van der Waals surface area contributed by atoms with Gasteiger partial charge in [-0.15, -0.1) is 0 Å². The highest BCUT2D eigenvalue weighted by Crippen LogP contribution is 2.21. The SMILES string of the molecule is C[NH+]1CCN(NC(=O)CNC(=O)c2ccc(Oc3ccccc3)cc2)CC1. The molecule has 142 valence electrons. The summed E-state index contributed by atoms with van der Waals surface area (Å²) in [5.41, 5.74) is 3.31. The highest BCUT2D eigenvalue weighted by Gasteiger charge is 2.18. The third kappa shape index (κ3) is 5.80. The van der Waals surface area contributed by atoms with Gasteiger partial charge in [-0.2, -0.15) is 0 Å². The van der Waals surface area contributed by atoms with E-state index in [0.29, 0.717) is 11.3 Å². The topological polar surface area (TPSA) is 75.1 Å². The number of hydrazine groups is 1. The molecule has 3 N–H and O–H groups in total. The van der Waals surface area contributed by atoms with Crippen molar-refractivity contribution in [2.24, 2.45) is 0 Å². The lowest BCUT2D eigenvalue weighted by Gasteiger charge is -2.30. The summed E-state index contributed by atoms with van der Waals surface area (Å²) >= 11 is 0. The van der Waals surface area contributed by atoms with Crippen LogP contribution in [0.2, 0.25) is 0 Å². The summed E-state index contributed by atoms with van der Waals surface area (Å²) in [7, 11) is 2.13. The second-order valence-corrected chi connectivity index (χ2v) is 6.60. The standard InChI is InChI=1S/C20H24N4O3/c1-23-11-13-24(14-12-23)22-19(25)15-21-20(26)16-7-9-18(10-8-16)27-17-5-3-2-4-6-17/h2-10H,11-15H2,1H3,(H,21,26)(H,22,25)/p+1. The van der Waals surface area contributed by atoms with E-state index in [1.807, 2.05) is 35.3 Å². The van der Waals surface area contributed by atoms with Crippen molar-refractivity contribution in [3.8, 4) is 11.5 Å². The minimum atomic E-state index is -0.292. The number of amides is 2. The molecule has 0 aliphatic carbocycles. The Balaban J connectivity index is 1.44. The van der Waals surface area contributed by atoms with Gasteiger partial charge >= 0.3 is 0 Å². The molecule has 2 amide bonds. The maximum atomic E-state index is 12.2. The zero-order chi connectivity index (χ0) is 19.1. The van der Waals surface area contributed by atoms with Crippen molar-refractivity contribution in [1.82, 2.24) is 15.8 Å². The van der Waals surface area contributed by atoms with Gasteiger partial charge in [0.1, 0.15) is 11.5 Å². The highest BCUT2D eigenvalue weighted by molar-refractivity contribution is 5.96. The lowest BCUT2D eigenvalue weighted by molar-refractivity contribution is -0.884. The number of benzene rings is 2. The van der Waals surface area contributed by atoms with Gasteiger partial charge in [-0.1, -0.05) is 18.2 Å². The van der Waals surface area contributed by atoms with Gasteiger partial charge < -0.3 is 15.0 Å². The molecule has 2 aromatic carbocycles. The van der Waals surface area contributed by atoms with E-state index in [2.05, 4.69) is 17.8 Å². The molecule has 0 spiro atoms. The summed E-state index contributed by atoms with van der Waals surface area (Å²) in [5.74, 6) is 0.871. The predicted molar refractivity (Wildman–Crippen MR) is 102 cm³/mol. The molecule has 0 unspecified atom stereocenters. The van der Waals surface area contributed by atoms with E-state index >= 15 is 0 Å². The maximum absolute atomic E-state index is 12.2. The van der Waals surface area contributed by atoms with Gasteiger partial charge in [-0.25, -0.2) is 5.01 Å². The minimum Gasteiger partial charge on any atom is -0.457 e. The van der Waals surface area contributed by atoms with Crippen molar-refractivity contribution in [2.75, 3.05) is 39.8 Å². The molecule has 7 heteroatoms. The van der Waals surface area contributed by atoms with Crippen molar-refractivity contribution in [3.05, 3.63) is 60.2 Å². The number of nitrogens with one attached hydrogen (secondary N) is 3. The van der Waals surface area contributed by atoms with Crippen molar-refractivity contribution in [2.45, 2.75) is 0 Å². The molecule has 2 aromatic rings. The zero-order valence-corrected chi connectivity index (χ0v) is 15.4. The van der Waals surface area contributed by atoms with E-state index in [1.165, 1.54) is 4.90 Å². The maximum Gasteiger partial charge on any atom is 0.253 e. The summed E-state index contributed by atoms with van der Waals surface area (Å²) in [4.78, 5) is 25.6.